The van der Waals surface area contributed by atoms with E-state index in [4.69, 9.17) is 4.74 Å². The Morgan fingerprint density at radius 2 is 1.69 bits per heavy atom. The summed E-state index contributed by atoms with van der Waals surface area (Å²) in [5, 5.41) is 1.64. The molecule has 3 aromatic rings. The van der Waals surface area contributed by atoms with Crippen LogP contribution in [0.1, 0.15) is 16.7 Å². The van der Waals surface area contributed by atoms with Crippen LogP contribution in [-0.4, -0.2) is 28.5 Å². The molecule has 6 nitrogen and oxygen atoms in total. The number of nitrogens with zero attached hydrogens (tertiary/aromatic N) is 1. The van der Waals surface area contributed by atoms with Crippen LogP contribution in [0.25, 0.3) is 6.08 Å². The van der Waals surface area contributed by atoms with E-state index in [1.165, 1.54) is 12.1 Å². The summed E-state index contributed by atoms with van der Waals surface area (Å²) in [5.74, 6) is -0.970. The molecule has 184 valence electrons. The van der Waals surface area contributed by atoms with Crippen molar-refractivity contribution in [1.82, 2.24) is 4.90 Å². The van der Waals surface area contributed by atoms with E-state index in [-0.39, 0.29) is 10.6 Å². The highest BCUT2D eigenvalue weighted by molar-refractivity contribution is 8.18. The largest absolute Gasteiger partial charge is 0.488 e. The molecule has 4 rings (SSSR count). The molecule has 10 heteroatoms. The van der Waals surface area contributed by atoms with Gasteiger partial charge in [0, 0.05) is 11.3 Å². The number of carbonyl (C=O) groups excluding carboxylic acids is 3. The maximum Gasteiger partial charge on any atom is 0.416 e. The summed E-state index contributed by atoms with van der Waals surface area (Å²) in [7, 11) is 0. The summed E-state index contributed by atoms with van der Waals surface area (Å²) in [5.41, 5.74) is 0.510. The van der Waals surface area contributed by atoms with E-state index in [0.717, 1.165) is 28.7 Å². The first-order chi connectivity index (χ1) is 17.2. The van der Waals surface area contributed by atoms with Crippen LogP contribution in [0, 0.1) is 0 Å². The smallest absolute Gasteiger partial charge is 0.416 e. The van der Waals surface area contributed by atoms with Crippen LogP contribution < -0.4 is 10.1 Å². The van der Waals surface area contributed by atoms with Gasteiger partial charge in [0.25, 0.3) is 11.1 Å². The summed E-state index contributed by atoms with van der Waals surface area (Å²) in [4.78, 5) is 38.5. The molecule has 1 aliphatic heterocycles. The van der Waals surface area contributed by atoms with Crippen molar-refractivity contribution >= 4 is 40.6 Å². The number of rotatable bonds is 7. The van der Waals surface area contributed by atoms with Crippen molar-refractivity contribution in [3.8, 4) is 5.75 Å². The fourth-order valence-corrected chi connectivity index (χ4v) is 4.19. The maximum absolute atomic E-state index is 12.9. The Balaban J connectivity index is 1.44. The third-order valence-corrected chi connectivity index (χ3v) is 6.00. The maximum atomic E-state index is 12.9. The monoisotopic (exact) mass is 512 g/mol. The lowest BCUT2D eigenvalue weighted by molar-refractivity contribution is -0.137. The Labute approximate surface area is 208 Å². The molecule has 1 aliphatic rings. The van der Waals surface area contributed by atoms with Crippen LogP contribution in [-0.2, 0) is 22.4 Å². The number of amides is 3. The fraction of sp³-hybridized carbons (Fsp3) is 0.115. The lowest BCUT2D eigenvalue weighted by Gasteiger charge is -2.13. The second-order valence-corrected chi connectivity index (χ2v) is 8.70. The third-order valence-electron chi connectivity index (χ3n) is 5.09. The minimum absolute atomic E-state index is 0.0955. The van der Waals surface area contributed by atoms with Crippen LogP contribution in [0.2, 0.25) is 0 Å². The van der Waals surface area contributed by atoms with Crippen molar-refractivity contribution in [2.24, 2.45) is 0 Å². The van der Waals surface area contributed by atoms with Crippen LogP contribution in [0.5, 0.6) is 5.75 Å². The lowest BCUT2D eigenvalue weighted by Crippen LogP contribution is -2.36. The van der Waals surface area contributed by atoms with E-state index in [1.54, 1.807) is 24.3 Å². The first-order valence-corrected chi connectivity index (χ1v) is 11.5. The lowest BCUT2D eigenvalue weighted by atomic mass is 10.1. The molecule has 3 amide bonds. The standard InChI is InChI=1S/C26H19F3N2O4S/c27-26(28,29)19-10-6-11-20(14-19)30-23(32)15-31-24(33)22(36-25(31)34)13-18-9-4-5-12-21(18)35-16-17-7-2-1-3-8-17/h1-14H,15-16H2,(H,30,32)/b22-13-. The highest BCUT2D eigenvalue weighted by atomic mass is 32.2. The van der Waals surface area contributed by atoms with Gasteiger partial charge < -0.3 is 10.1 Å². The van der Waals surface area contributed by atoms with Gasteiger partial charge in [0.05, 0.1) is 10.5 Å². The van der Waals surface area contributed by atoms with E-state index in [9.17, 15) is 27.6 Å². The summed E-state index contributed by atoms with van der Waals surface area (Å²) < 4.78 is 44.6. The number of hydrogen-bond donors (Lipinski definition) is 1. The molecule has 1 fully saturated rings. The third kappa shape index (κ3) is 6.14. The van der Waals surface area contributed by atoms with Crippen LogP contribution >= 0.6 is 11.8 Å². The number of halogens is 3. The molecule has 0 atom stereocenters. The topological polar surface area (TPSA) is 75.7 Å². The molecule has 1 saturated heterocycles. The van der Waals surface area contributed by atoms with Gasteiger partial charge >= 0.3 is 6.18 Å². The first-order valence-electron chi connectivity index (χ1n) is 10.7. The molecular weight excluding hydrogens is 493 g/mol. The molecule has 0 saturated carbocycles. The Hall–Kier alpha value is -4.05. The molecule has 0 spiro atoms. The zero-order chi connectivity index (χ0) is 25.7. The summed E-state index contributed by atoms with van der Waals surface area (Å²) in [6.07, 6.45) is -3.06. The second-order valence-electron chi connectivity index (χ2n) is 7.71. The van der Waals surface area contributed by atoms with Crippen molar-refractivity contribution in [2.75, 3.05) is 11.9 Å². The minimum Gasteiger partial charge on any atom is -0.488 e. The van der Waals surface area contributed by atoms with Gasteiger partial charge in [-0.05, 0) is 47.7 Å². The average molecular weight is 513 g/mol. The van der Waals surface area contributed by atoms with Crippen LogP contribution in [0.4, 0.5) is 23.7 Å². The van der Waals surface area contributed by atoms with Gasteiger partial charge in [0.15, 0.2) is 0 Å². The Kier molecular flexibility index (Phi) is 7.44. The van der Waals surface area contributed by atoms with Crippen molar-refractivity contribution in [2.45, 2.75) is 12.8 Å². The molecular formula is C26H19F3N2O4S. The Morgan fingerprint density at radius 1 is 0.972 bits per heavy atom. The van der Waals surface area contributed by atoms with Gasteiger partial charge in [-0.3, -0.25) is 19.3 Å². The number of ether oxygens (including phenoxy) is 1. The number of thioether (sulfide) groups is 1. The van der Waals surface area contributed by atoms with E-state index >= 15 is 0 Å². The average Bonchev–Trinajstić information content (AvgIpc) is 3.11. The van der Waals surface area contributed by atoms with Gasteiger partial charge in [-0.15, -0.1) is 0 Å². The molecule has 0 radical (unpaired) electrons. The highest BCUT2D eigenvalue weighted by Crippen LogP contribution is 2.34. The molecule has 36 heavy (non-hydrogen) atoms. The number of imide groups is 1. The fourth-order valence-electron chi connectivity index (χ4n) is 3.36. The van der Waals surface area contributed by atoms with E-state index < -0.39 is 35.3 Å². The molecule has 1 heterocycles. The summed E-state index contributed by atoms with van der Waals surface area (Å²) in [6.45, 7) is -0.326. The minimum atomic E-state index is -4.57. The number of nitrogens with one attached hydrogen (secondary N) is 1. The predicted molar refractivity (Wildman–Crippen MR) is 130 cm³/mol. The Bertz CT molecular complexity index is 1330. The van der Waals surface area contributed by atoms with Crippen molar-refractivity contribution in [1.29, 1.82) is 0 Å². The molecule has 0 unspecified atom stereocenters. The SMILES string of the molecule is O=C(CN1C(=O)S/C(=C\c2ccccc2OCc2ccccc2)C1=O)Nc1cccc(C(F)(F)F)c1. The van der Waals surface area contributed by atoms with Gasteiger partial charge in [0.1, 0.15) is 18.9 Å². The van der Waals surface area contributed by atoms with E-state index in [0.29, 0.717) is 29.7 Å². The quantitative estimate of drug-likeness (QED) is 0.396. The normalized spacial score (nSPS) is 14.9. The number of benzene rings is 3. The van der Waals surface area contributed by atoms with E-state index in [1.807, 2.05) is 30.3 Å². The number of para-hydroxylation sites is 1. The summed E-state index contributed by atoms with van der Waals surface area (Å²) in [6, 6.07) is 20.6. The Morgan fingerprint density at radius 3 is 2.44 bits per heavy atom. The summed E-state index contributed by atoms with van der Waals surface area (Å²) >= 11 is 0.668. The number of anilines is 1. The van der Waals surface area contributed by atoms with Gasteiger partial charge in [0.2, 0.25) is 5.91 Å². The number of carbonyl (C=O) groups is 3. The molecule has 0 aliphatic carbocycles. The zero-order valence-corrected chi connectivity index (χ0v) is 19.4. The van der Waals surface area contributed by atoms with Crippen molar-refractivity contribution in [3.63, 3.8) is 0 Å². The first kappa shape index (κ1) is 25.1. The molecule has 0 aromatic heterocycles. The van der Waals surface area contributed by atoms with Gasteiger partial charge in [-0.1, -0.05) is 54.6 Å². The van der Waals surface area contributed by atoms with Crippen LogP contribution in [0.3, 0.4) is 0 Å². The van der Waals surface area contributed by atoms with Crippen LogP contribution in [0.15, 0.2) is 83.8 Å². The van der Waals surface area contributed by atoms with Crippen molar-refractivity contribution < 1.29 is 32.3 Å². The van der Waals surface area contributed by atoms with E-state index in [2.05, 4.69) is 5.32 Å². The number of alkyl halides is 3. The predicted octanol–water partition coefficient (Wildman–Crippen LogP) is 5.96. The molecule has 0 bridgehead atoms. The molecule has 3 aromatic carbocycles. The second kappa shape index (κ2) is 10.7. The zero-order valence-electron chi connectivity index (χ0n) is 18.6. The van der Waals surface area contributed by atoms with Gasteiger partial charge in [-0.2, -0.15) is 13.2 Å². The molecule has 1 N–H and O–H groups in total. The number of hydrogen-bond acceptors (Lipinski definition) is 5. The highest BCUT2D eigenvalue weighted by Gasteiger charge is 2.36. The van der Waals surface area contributed by atoms with Gasteiger partial charge in [-0.25, -0.2) is 0 Å². The van der Waals surface area contributed by atoms with Crippen molar-refractivity contribution in [3.05, 3.63) is 100 Å².